The molecule has 6 heteroatoms. The van der Waals surface area contributed by atoms with Gasteiger partial charge in [-0.2, -0.15) is 5.10 Å². The summed E-state index contributed by atoms with van der Waals surface area (Å²) in [5.41, 5.74) is 2.10. The highest BCUT2D eigenvalue weighted by molar-refractivity contribution is 5.30. The Morgan fingerprint density at radius 3 is 2.91 bits per heavy atom. The van der Waals surface area contributed by atoms with Crippen LogP contribution in [0.1, 0.15) is 19.0 Å². The summed E-state index contributed by atoms with van der Waals surface area (Å²) in [4.78, 5) is 6.53. The largest absolute Gasteiger partial charge is 0.378 e. The molecule has 23 heavy (non-hydrogen) atoms. The fourth-order valence-electron chi connectivity index (χ4n) is 3.66. The van der Waals surface area contributed by atoms with Crippen LogP contribution >= 0.6 is 0 Å². The zero-order valence-electron chi connectivity index (χ0n) is 13.4. The molecular formula is C17H22N4O2. The van der Waals surface area contributed by atoms with Crippen LogP contribution in [0.2, 0.25) is 0 Å². The van der Waals surface area contributed by atoms with Crippen LogP contribution < -0.4 is 0 Å². The Balaban J connectivity index is 1.53. The van der Waals surface area contributed by atoms with Crippen molar-refractivity contribution in [3.05, 3.63) is 42.5 Å². The van der Waals surface area contributed by atoms with E-state index in [0.717, 1.165) is 38.3 Å². The number of hydrogen-bond donors (Lipinski definition) is 0. The van der Waals surface area contributed by atoms with Gasteiger partial charge in [0.05, 0.1) is 24.1 Å². The van der Waals surface area contributed by atoms with E-state index in [9.17, 15) is 0 Å². The normalized spacial score (nSPS) is 28.5. The van der Waals surface area contributed by atoms with Crippen LogP contribution in [0.25, 0.3) is 5.69 Å². The molecule has 122 valence electrons. The van der Waals surface area contributed by atoms with Gasteiger partial charge in [-0.1, -0.05) is 0 Å². The van der Waals surface area contributed by atoms with E-state index in [0.29, 0.717) is 6.61 Å². The molecule has 0 bridgehead atoms. The number of morpholine rings is 1. The second kappa shape index (κ2) is 6.03. The maximum Gasteiger partial charge on any atom is 0.107 e. The van der Waals surface area contributed by atoms with Gasteiger partial charge in [-0.25, -0.2) is 4.68 Å². The van der Waals surface area contributed by atoms with Crippen molar-refractivity contribution in [2.24, 2.45) is 0 Å². The summed E-state index contributed by atoms with van der Waals surface area (Å²) in [6.07, 6.45) is 6.65. The maximum absolute atomic E-state index is 6.20. The third-order valence-corrected chi connectivity index (χ3v) is 4.56. The summed E-state index contributed by atoms with van der Waals surface area (Å²) in [5.74, 6) is 0. The molecule has 2 aliphatic heterocycles. The van der Waals surface area contributed by atoms with Gasteiger partial charge in [0.25, 0.3) is 0 Å². The molecule has 0 radical (unpaired) electrons. The van der Waals surface area contributed by atoms with E-state index in [1.807, 2.05) is 23.0 Å². The number of aromatic nitrogens is 3. The lowest BCUT2D eigenvalue weighted by Crippen LogP contribution is -2.55. The summed E-state index contributed by atoms with van der Waals surface area (Å²) < 4.78 is 13.8. The van der Waals surface area contributed by atoms with Gasteiger partial charge >= 0.3 is 0 Å². The number of nitrogens with zero attached hydrogens (tertiary/aromatic N) is 4. The van der Waals surface area contributed by atoms with Gasteiger partial charge in [0.15, 0.2) is 0 Å². The zero-order valence-corrected chi connectivity index (χ0v) is 13.4. The van der Waals surface area contributed by atoms with Crippen molar-refractivity contribution in [2.45, 2.75) is 31.6 Å². The molecular weight excluding hydrogens is 292 g/mol. The smallest absolute Gasteiger partial charge is 0.107 e. The minimum absolute atomic E-state index is 0.126. The Morgan fingerprint density at radius 2 is 2.13 bits per heavy atom. The molecule has 4 heterocycles. The number of pyridine rings is 1. The molecule has 2 aliphatic rings. The van der Waals surface area contributed by atoms with E-state index in [-0.39, 0.29) is 11.7 Å². The van der Waals surface area contributed by atoms with E-state index >= 15 is 0 Å². The highest BCUT2D eigenvalue weighted by atomic mass is 16.6. The Labute approximate surface area is 136 Å². The van der Waals surface area contributed by atoms with Gasteiger partial charge in [0, 0.05) is 51.3 Å². The first-order valence-electron chi connectivity index (χ1n) is 8.15. The Kier molecular flexibility index (Phi) is 3.88. The fraction of sp³-hybridized carbons (Fsp3) is 0.529. The lowest BCUT2D eigenvalue weighted by Gasteiger charge is -2.42. The quantitative estimate of drug-likeness (QED) is 0.862. The highest BCUT2D eigenvalue weighted by Crippen LogP contribution is 2.30. The first-order chi connectivity index (χ1) is 11.2. The third-order valence-electron chi connectivity index (χ3n) is 4.56. The fourth-order valence-corrected chi connectivity index (χ4v) is 3.66. The Morgan fingerprint density at radius 1 is 1.26 bits per heavy atom. The van der Waals surface area contributed by atoms with Gasteiger partial charge < -0.3 is 9.47 Å². The SMILES string of the molecule is CC1CN(Cc2ccnn2-c2ccncc2)CC2(CCOC2)O1. The molecule has 0 amide bonds. The first-order valence-corrected chi connectivity index (χ1v) is 8.15. The average molecular weight is 314 g/mol. The van der Waals surface area contributed by atoms with E-state index in [1.54, 1.807) is 12.4 Å². The summed E-state index contributed by atoms with van der Waals surface area (Å²) in [7, 11) is 0. The van der Waals surface area contributed by atoms with Crippen molar-refractivity contribution in [2.75, 3.05) is 26.3 Å². The standard InChI is InChI=1S/C17H22N4O2/c1-14-10-20(12-17(23-14)5-9-22-13-17)11-16-4-8-19-21(16)15-2-6-18-7-3-15/h2-4,6-8,14H,5,9-13H2,1H3. The maximum atomic E-state index is 6.20. The lowest BCUT2D eigenvalue weighted by atomic mass is 9.99. The summed E-state index contributed by atoms with van der Waals surface area (Å²) >= 11 is 0. The Hall–Kier alpha value is -1.76. The molecule has 0 aliphatic carbocycles. The molecule has 2 atom stereocenters. The molecule has 2 aromatic heterocycles. The predicted octanol–water partition coefficient (Wildman–Crippen LogP) is 1.65. The monoisotopic (exact) mass is 314 g/mol. The molecule has 2 unspecified atom stereocenters. The first kappa shape index (κ1) is 14.8. The van der Waals surface area contributed by atoms with Gasteiger partial charge in [-0.05, 0) is 25.1 Å². The van der Waals surface area contributed by atoms with Gasteiger partial charge in [-0.15, -0.1) is 0 Å². The molecule has 4 rings (SSSR count). The van der Waals surface area contributed by atoms with E-state index in [2.05, 4.69) is 28.0 Å². The minimum Gasteiger partial charge on any atom is -0.378 e. The van der Waals surface area contributed by atoms with Crippen LogP contribution in [-0.4, -0.2) is 57.7 Å². The van der Waals surface area contributed by atoms with Crippen LogP contribution in [0, 0.1) is 0 Å². The minimum atomic E-state index is -0.126. The van der Waals surface area contributed by atoms with E-state index in [4.69, 9.17) is 9.47 Å². The second-order valence-corrected chi connectivity index (χ2v) is 6.52. The molecule has 2 aromatic rings. The molecule has 2 saturated heterocycles. The summed E-state index contributed by atoms with van der Waals surface area (Å²) in [6.45, 7) is 6.36. The van der Waals surface area contributed by atoms with Crippen LogP contribution in [-0.2, 0) is 16.0 Å². The topological polar surface area (TPSA) is 52.4 Å². The second-order valence-electron chi connectivity index (χ2n) is 6.52. The van der Waals surface area contributed by atoms with Gasteiger partial charge in [0.1, 0.15) is 5.60 Å². The van der Waals surface area contributed by atoms with Crippen molar-refractivity contribution in [1.82, 2.24) is 19.7 Å². The van der Waals surface area contributed by atoms with Gasteiger partial charge in [-0.3, -0.25) is 9.88 Å². The molecule has 2 fully saturated rings. The van der Waals surface area contributed by atoms with Crippen molar-refractivity contribution >= 4 is 0 Å². The van der Waals surface area contributed by atoms with Crippen molar-refractivity contribution in [3.8, 4) is 5.69 Å². The predicted molar refractivity (Wildman–Crippen MR) is 85.4 cm³/mol. The molecule has 1 spiro atoms. The van der Waals surface area contributed by atoms with Crippen LogP contribution in [0.4, 0.5) is 0 Å². The molecule has 0 aromatic carbocycles. The molecule has 0 saturated carbocycles. The van der Waals surface area contributed by atoms with Crippen LogP contribution in [0.15, 0.2) is 36.8 Å². The van der Waals surface area contributed by atoms with E-state index in [1.165, 1.54) is 5.69 Å². The number of ether oxygens (including phenoxy) is 2. The lowest BCUT2D eigenvalue weighted by molar-refractivity contribution is -0.149. The van der Waals surface area contributed by atoms with E-state index < -0.39 is 0 Å². The number of rotatable bonds is 3. The molecule has 0 N–H and O–H groups in total. The Bertz CT molecular complexity index is 652. The highest BCUT2D eigenvalue weighted by Gasteiger charge is 2.42. The zero-order chi connectivity index (χ0) is 15.7. The van der Waals surface area contributed by atoms with Crippen LogP contribution in [0.5, 0.6) is 0 Å². The third kappa shape index (κ3) is 3.02. The number of hydrogen-bond acceptors (Lipinski definition) is 5. The average Bonchev–Trinajstić information content (AvgIpc) is 3.17. The van der Waals surface area contributed by atoms with Crippen molar-refractivity contribution < 1.29 is 9.47 Å². The van der Waals surface area contributed by atoms with Crippen molar-refractivity contribution in [3.63, 3.8) is 0 Å². The van der Waals surface area contributed by atoms with Crippen LogP contribution in [0.3, 0.4) is 0 Å². The van der Waals surface area contributed by atoms with Crippen molar-refractivity contribution in [1.29, 1.82) is 0 Å². The summed E-state index contributed by atoms with van der Waals surface area (Å²) in [5, 5.41) is 4.47. The summed E-state index contributed by atoms with van der Waals surface area (Å²) in [6, 6.07) is 6.04. The molecule has 6 nitrogen and oxygen atoms in total. The van der Waals surface area contributed by atoms with Gasteiger partial charge in [0.2, 0.25) is 0 Å².